The molecule has 0 saturated carbocycles. The topological polar surface area (TPSA) is 52.3 Å². The van der Waals surface area contributed by atoms with E-state index in [0.717, 1.165) is 12.8 Å². The third-order valence-electron chi connectivity index (χ3n) is 2.41. The van der Waals surface area contributed by atoms with Crippen molar-refractivity contribution in [1.29, 1.82) is 0 Å². The number of carbonyl (C=O) groups is 1. The standard InChI is InChI=1S/C13H18ClNO2/c1-9(2)5-4-8-17-13(16)10-6-3-7-11(15)12(10)14/h3,6-7,9H,4-5,8,15H2,1-2H3. The average molecular weight is 256 g/mol. The molecule has 0 aromatic heterocycles. The molecule has 4 heteroatoms. The van der Waals surface area contributed by atoms with Gasteiger partial charge in [0.05, 0.1) is 22.9 Å². The van der Waals surface area contributed by atoms with Crippen molar-refractivity contribution in [2.45, 2.75) is 26.7 Å². The summed E-state index contributed by atoms with van der Waals surface area (Å²) >= 11 is 5.93. The van der Waals surface area contributed by atoms with Crippen LogP contribution in [0.5, 0.6) is 0 Å². The van der Waals surface area contributed by atoms with Gasteiger partial charge >= 0.3 is 5.97 Å². The highest BCUT2D eigenvalue weighted by Crippen LogP contribution is 2.23. The van der Waals surface area contributed by atoms with Crippen molar-refractivity contribution >= 4 is 23.3 Å². The SMILES string of the molecule is CC(C)CCCOC(=O)c1cccc(N)c1Cl. The normalized spacial score (nSPS) is 10.6. The fourth-order valence-electron chi connectivity index (χ4n) is 1.44. The number of halogens is 1. The molecule has 1 rings (SSSR count). The van der Waals surface area contributed by atoms with E-state index in [2.05, 4.69) is 13.8 Å². The molecule has 0 unspecified atom stereocenters. The van der Waals surface area contributed by atoms with Crippen molar-refractivity contribution in [2.24, 2.45) is 5.92 Å². The first-order valence-corrected chi connectivity index (χ1v) is 6.11. The molecule has 2 N–H and O–H groups in total. The number of nitrogens with two attached hydrogens (primary N) is 1. The zero-order valence-corrected chi connectivity index (χ0v) is 11.0. The van der Waals surface area contributed by atoms with Crippen molar-refractivity contribution in [3.63, 3.8) is 0 Å². The number of hydrogen-bond donors (Lipinski definition) is 1. The van der Waals surface area contributed by atoms with Crippen LogP contribution in [0, 0.1) is 5.92 Å². The Morgan fingerprint density at radius 3 is 2.82 bits per heavy atom. The Balaban J connectivity index is 2.50. The molecule has 0 fully saturated rings. The average Bonchev–Trinajstić information content (AvgIpc) is 2.27. The van der Waals surface area contributed by atoms with E-state index in [0.29, 0.717) is 23.8 Å². The second-order valence-electron chi connectivity index (χ2n) is 4.38. The van der Waals surface area contributed by atoms with Crippen LogP contribution in [0.4, 0.5) is 5.69 Å². The van der Waals surface area contributed by atoms with Crippen LogP contribution in [0.25, 0.3) is 0 Å². The van der Waals surface area contributed by atoms with Crippen LogP contribution in [0.2, 0.25) is 5.02 Å². The van der Waals surface area contributed by atoms with Gasteiger partial charge in [0, 0.05) is 0 Å². The third kappa shape index (κ3) is 4.27. The summed E-state index contributed by atoms with van der Waals surface area (Å²) in [4.78, 5) is 11.7. The van der Waals surface area contributed by atoms with Crippen LogP contribution < -0.4 is 5.73 Å². The number of anilines is 1. The Kier molecular flexibility index (Phi) is 5.29. The van der Waals surface area contributed by atoms with E-state index in [1.807, 2.05) is 0 Å². The van der Waals surface area contributed by atoms with Crippen LogP contribution in [0.1, 0.15) is 37.0 Å². The molecule has 0 bridgehead atoms. The predicted octanol–water partition coefficient (Wildman–Crippen LogP) is 3.52. The number of nitrogen functional groups attached to an aromatic ring is 1. The second-order valence-corrected chi connectivity index (χ2v) is 4.76. The Hall–Kier alpha value is -1.22. The van der Waals surface area contributed by atoms with Crippen molar-refractivity contribution in [2.75, 3.05) is 12.3 Å². The number of ether oxygens (including phenoxy) is 1. The summed E-state index contributed by atoms with van der Waals surface area (Å²) in [6.45, 7) is 4.69. The molecule has 0 saturated heterocycles. The van der Waals surface area contributed by atoms with Crippen molar-refractivity contribution < 1.29 is 9.53 Å². The van der Waals surface area contributed by atoms with Crippen molar-refractivity contribution in [3.8, 4) is 0 Å². The van der Waals surface area contributed by atoms with E-state index in [-0.39, 0.29) is 5.02 Å². The molecule has 0 aliphatic carbocycles. The monoisotopic (exact) mass is 255 g/mol. The lowest BCUT2D eigenvalue weighted by molar-refractivity contribution is 0.0495. The first kappa shape index (κ1) is 13.8. The lowest BCUT2D eigenvalue weighted by Crippen LogP contribution is -2.08. The fraction of sp³-hybridized carbons (Fsp3) is 0.462. The number of carbonyl (C=O) groups excluding carboxylic acids is 1. The molecule has 0 aliphatic rings. The van der Waals surface area contributed by atoms with Gasteiger partial charge in [0.2, 0.25) is 0 Å². The number of esters is 1. The second kappa shape index (κ2) is 6.50. The van der Waals surface area contributed by atoms with Gasteiger partial charge in [-0.25, -0.2) is 4.79 Å². The van der Waals surface area contributed by atoms with Crippen molar-refractivity contribution in [1.82, 2.24) is 0 Å². The van der Waals surface area contributed by atoms with Gasteiger partial charge in [-0.1, -0.05) is 31.5 Å². The summed E-state index contributed by atoms with van der Waals surface area (Å²) in [5.74, 6) is 0.204. The highest BCUT2D eigenvalue weighted by Gasteiger charge is 2.13. The minimum atomic E-state index is -0.411. The zero-order valence-electron chi connectivity index (χ0n) is 10.2. The van der Waals surface area contributed by atoms with Gasteiger partial charge in [-0.15, -0.1) is 0 Å². The van der Waals surface area contributed by atoms with Crippen LogP contribution in [0.15, 0.2) is 18.2 Å². The van der Waals surface area contributed by atoms with Gasteiger partial charge in [0.15, 0.2) is 0 Å². The van der Waals surface area contributed by atoms with Gasteiger partial charge < -0.3 is 10.5 Å². The van der Waals surface area contributed by atoms with E-state index < -0.39 is 5.97 Å². The zero-order chi connectivity index (χ0) is 12.8. The first-order chi connectivity index (χ1) is 8.02. The lowest BCUT2D eigenvalue weighted by Gasteiger charge is -2.08. The molecule has 1 aromatic rings. The minimum absolute atomic E-state index is 0.265. The summed E-state index contributed by atoms with van der Waals surface area (Å²) < 4.78 is 5.14. The molecule has 0 radical (unpaired) electrons. The van der Waals surface area contributed by atoms with Crippen LogP contribution in [-0.2, 0) is 4.74 Å². The van der Waals surface area contributed by atoms with Crippen LogP contribution >= 0.6 is 11.6 Å². The largest absolute Gasteiger partial charge is 0.462 e. The van der Waals surface area contributed by atoms with Gasteiger partial charge in [-0.2, -0.15) is 0 Å². The lowest BCUT2D eigenvalue weighted by atomic mass is 10.1. The maximum Gasteiger partial charge on any atom is 0.339 e. The van der Waals surface area contributed by atoms with E-state index in [4.69, 9.17) is 22.1 Å². The number of rotatable bonds is 5. The summed E-state index contributed by atoms with van der Waals surface area (Å²) in [5, 5.41) is 0.265. The smallest absolute Gasteiger partial charge is 0.339 e. The highest BCUT2D eigenvalue weighted by molar-refractivity contribution is 6.36. The Morgan fingerprint density at radius 1 is 1.47 bits per heavy atom. The quantitative estimate of drug-likeness (QED) is 0.498. The summed E-state index contributed by atoms with van der Waals surface area (Å²) in [5.41, 5.74) is 6.34. The molecule has 94 valence electrons. The molecule has 3 nitrogen and oxygen atoms in total. The molecule has 0 amide bonds. The molecule has 0 atom stereocenters. The van der Waals surface area contributed by atoms with E-state index >= 15 is 0 Å². The van der Waals surface area contributed by atoms with E-state index in [1.54, 1.807) is 18.2 Å². The highest BCUT2D eigenvalue weighted by atomic mass is 35.5. The summed E-state index contributed by atoms with van der Waals surface area (Å²) in [6.07, 6.45) is 1.90. The van der Waals surface area contributed by atoms with Gasteiger partial charge in [0.1, 0.15) is 0 Å². The third-order valence-corrected chi connectivity index (χ3v) is 2.83. The molecule has 0 spiro atoms. The van der Waals surface area contributed by atoms with Crippen LogP contribution in [-0.4, -0.2) is 12.6 Å². The van der Waals surface area contributed by atoms with Crippen molar-refractivity contribution in [3.05, 3.63) is 28.8 Å². The molecule has 0 heterocycles. The molecular weight excluding hydrogens is 238 g/mol. The summed E-state index contributed by atoms with van der Waals surface area (Å²) in [6, 6.07) is 4.95. The Labute approximate surface area is 107 Å². The molecule has 0 aliphatic heterocycles. The minimum Gasteiger partial charge on any atom is -0.462 e. The van der Waals surface area contributed by atoms with Crippen LogP contribution in [0.3, 0.4) is 0 Å². The predicted molar refractivity (Wildman–Crippen MR) is 70.2 cm³/mol. The maximum atomic E-state index is 11.7. The molecular formula is C13H18ClNO2. The fourth-order valence-corrected chi connectivity index (χ4v) is 1.64. The summed E-state index contributed by atoms with van der Waals surface area (Å²) in [7, 11) is 0. The van der Waals surface area contributed by atoms with E-state index in [9.17, 15) is 4.79 Å². The molecule has 1 aromatic carbocycles. The Bertz CT molecular complexity index is 391. The first-order valence-electron chi connectivity index (χ1n) is 5.73. The molecule has 17 heavy (non-hydrogen) atoms. The maximum absolute atomic E-state index is 11.7. The number of hydrogen-bond acceptors (Lipinski definition) is 3. The van der Waals surface area contributed by atoms with Gasteiger partial charge in [0.25, 0.3) is 0 Å². The number of benzene rings is 1. The van der Waals surface area contributed by atoms with E-state index in [1.165, 1.54) is 0 Å². The van der Waals surface area contributed by atoms with Gasteiger partial charge in [-0.3, -0.25) is 0 Å². The van der Waals surface area contributed by atoms with Gasteiger partial charge in [-0.05, 0) is 30.9 Å². The Morgan fingerprint density at radius 2 is 2.18 bits per heavy atom.